The molecule has 1 saturated heterocycles. The van der Waals surface area contributed by atoms with E-state index in [0.29, 0.717) is 11.7 Å². The predicted octanol–water partition coefficient (Wildman–Crippen LogP) is 5.66. The van der Waals surface area contributed by atoms with Crippen molar-refractivity contribution in [1.29, 1.82) is 0 Å². The lowest BCUT2D eigenvalue weighted by molar-refractivity contribution is -0.00617. The molecule has 1 heterocycles. The van der Waals surface area contributed by atoms with Crippen molar-refractivity contribution in [2.75, 3.05) is 13.1 Å². The lowest BCUT2D eigenvalue weighted by atomic mass is 9.48. The molecule has 3 nitrogen and oxygen atoms in total. The smallest absolute Gasteiger partial charge is 0.150 e. The van der Waals surface area contributed by atoms with Crippen molar-refractivity contribution in [3.05, 3.63) is 64.7 Å². The molecule has 0 amide bonds. The quantitative estimate of drug-likeness (QED) is 0.641. The number of nitrogens with zero attached hydrogens (tertiary/aromatic N) is 1. The minimum Gasteiger partial charge on any atom is -0.508 e. The fraction of sp³-hybridized carbons (Fsp3) is 0.536. The van der Waals surface area contributed by atoms with Crippen molar-refractivity contribution >= 4 is 6.29 Å². The van der Waals surface area contributed by atoms with Crippen LogP contribution < -0.4 is 0 Å². The summed E-state index contributed by atoms with van der Waals surface area (Å²) >= 11 is 0. The van der Waals surface area contributed by atoms with Gasteiger partial charge in [-0.15, -0.1) is 0 Å². The van der Waals surface area contributed by atoms with E-state index in [1.54, 1.807) is 0 Å². The molecule has 1 atom stereocenters. The Morgan fingerprint density at radius 2 is 1.65 bits per heavy atom. The molecule has 2 aromatic carbocycles. The molecule has 1 aliphatic heterocycles. The molecule has 0 spiro atoms. The molecule has 31 heavy (non-hydrogen) atoms. The molecule has 4 bridgehead atoms. The van der Waals surface area contributed by atoms with Gasteiger partial charge in [-0.3, -0.25) is 9.69 Å². The largest absolute Gasteiger partial charge is 0.508 e. The van der Waals surface area contributed by atoms with Crippen LogP contribution in [0.4, 0.5) is 0 Å². The third-order valence-electron chi connectivity index (χ3n) is 8.90. The molecule has 5 aliphatic rings. The average molecular weight is 416 g/mol. The Kier molecular flexibility index (Phi) is 4.72. The Morgan fingerprint density at radius 3 is 2.29 bits per heavy atom. The fourth-order valence-corrected chi connectivity index (χ4v) is 7.88. The maximum atomic E-state index is 10.9. The van der Waals surface area contributed by atoms with E-state index in [0.717, 1.165) is 49.2 Å². The number of aldehydes is 1. The van der Waals surface area contributed by atoms with Crippen molar-refractivity contribution in [3.8, 4) is 5.75 Å². The van der Waals surface area contributed by atoms with Crippen LogP contribution in [-0.4, -0.2) is 29.4 Å². The molecule has 0 aromatic heterocycles. The monoisotopic (exact) mass is 415 g/mol. The summed E-state index contributed by atoms with van der Waals surface area (Å²) in [5.41, 5.74) is 4.94. The topological polar surface area (TPSA) is 40.5 Å². The number of aromatic hydroxyl groups is 1. The van der Waals surface area contributed by atoms with Crippen LogP contribution in [0.2, 0.25) is 0 Å². The highest BCUT2D eigenvalue weighted by atomic mass is 16.3. The number of carbonyl (C=O) groups is 1. The molecule has 1 N–H and O–H groups in total. The number of hydrogen-bond acceptors (Lipinski definition) is 3. The molecule has 0 radical (unpaired) electrons. The van der Waals surface area contributed by atoms with Gasteiger partial charge >= 0.3 is 0 Å². The lowest BCUT2D eigenvalue weighted by Gasteiger charge is -2.57. The zero-order valence-corrected chi connectivity index (χ0v) is 18.3. The summed E-state index contributed by atoms with van der Waals surface area (Å²) in [4.78, 5) is 13.4. The predicted molar refractivity (Wildman–Crippen MR) is 122 cm³/mol. The zero-order chi connectivity index (χ0) is 21.0. The molecule has 2 aromatic rings. The van der Waals surface area contributed by atoms with Gasteiger partial charge in [-0.2, -0.15) is 0 Å². The summed E-state index contributed by atoms with van der Waals surface area (Å²) in [7, 11) is 0. The number of hydrogen-bond donors (Lipinski definition) is 1. The number of rotatable bonds is 5. The second-order valence-corrected chi connectivity index (χ2v) is 11.1. The molecule has 4 aliphatic carbocycles. The second-order valence-electron chi connectivity index (χ2n) is 11.1. The summed E-state index contributed by atoms with van der Waals surface area (Å²) in [6.45, 7) is 3.11. The maximum absolute atomic E-state index is 10.9. The van der Waals surface area contributed by atoms with Crippen LogP contribution in [-0.2, 0) is 12.0 Å². The first kappa shape index (κ1) is 19.5. The van der Waals surface area contributed by atoms with Crippen molar-refractivity contribution in [3.63, 3.8) is 0 Å². The first-order valence-corrected chi connectivity index (χ1v) is 12.2. The molecule has 1 unspecified atom stereocenters. The molecule has 162 valence electrons. The van der Waals surface area contributed by atoms with Crippen LogP contribution >= 0.6 is 0 Å². The highest BCUT2D eigenvalue weighted by Gasteiger charge is 2.52. The Morgan fingerprint density at radius 1 is 0.968 bits per heavy atom. The van der Waals surface area contributed by atoms with E-state index in [9.17, 15) is 9.90 Å². The van der Waals surface area contributed by atoms with Crippen molar-refractivity contribution in [2.24, 2.45) is 17.8 Å². The molecule has 7 rings (SSSR count). The number of phenols is 1. The summed E-state index contributed by atoms with van der Waals surface area (Å²) in [6, 6.07) is 14.5. The van der Waals surface area contributed by atoms with Gasteiger partial charge in [0.15, 0.2) is 0 Å². The van der Waals surface area contributed by atoms with E-state index < -0.39 is 0 Å². The Bertz CT molecular complexity index is 944. The van der Waals surface area contributed by atoms with Crippen LogP contribution in [0, 0.1) is 17.8 Å². The van der Waals surface area contributed by atoms with Crippen molar-refractivity contribution in [2.45, 2.75) is 62.8 Å². The number of carbonyl (C=O) groups excluding carboxylic acids is 1. The van der Waals surface area contributed by atoms with E-state index in [1.807, 2.05) is 18.2 Å². The SMILES string of the molecule is O=Cc1ccc(CN2CCC(c3ccc(O)c(C45CC6CC(CC(C6)C4)C5)c3)C2)cc1. The summed E-state index contributed by atoms with van der Waals surface area (Å²) < 4.78 is 0. The van der Waals surface area contributed by atoms with Gasteiger partial charge in [0, 0.05) is 24.2 Å². The third-order valence-corrected chi connectivity index (χ3v) is 8.90. The third kappa shape index (κ3) is 3.51. The van der Waals surface area contributed by atoms with Crippen LogP contribution in [0.25, 0.3) is 0 Å². The molecule has 4 saturated carbocycles. The van der Waals surface area contributed by atoms with E-state index in [2.05, 4.69) is 29.2 Å². The molecule has 3 heteroatoms. The lowest BCUT2D eigenvalue weighted by Crippen LogP contribution is -2.48. The summed E-state index contributed by atoms with van der Waals surface area (Å²) in [5, 5.41) is 10.9. The second kappa shape index (κ2) is 7.48. The average Bonchev–Trinajstić information content (AvgIpc) is 3.22. The highest BCUT2D eigenvalue weighted by molar-refractivity contribution is 5.74. The highest BCUT2D eigenvalue weighted by Crippen LogP contribution is 2.62. The van der Waals surface area contributed by atoms with E-state index in [-0.39, 0.29) is 5.41 Å². The first-order valence-electron chi connectivity index (χ1n) is 12.2. The minimum atomic E-state index is 0.244. The first-order chi connectivity index (χ1) is 15.1. The molecular weight excluding hydrogens is 382 g/mol. The Hall–Kier alpha value is -2.13. The normalized spacial score (nSPS) is 34.3. The summed E-state index contributed by atoms with van der Waals surface area (Å²) in [6.07, 6.45) is 10.3. The van der Waals surface area contributed by atoms with Gasteiger partial charge in [-0.1, -0.05) is 36.4 Å². The van der Waals surface area contributed by atoms with E-state index in [1.165, 1.54) is 61.6 Å². The Balaban J connectivity index is 1.20. The van der Waals surface area contributed by atoms with Gasteiger partial charge in [0.1, 0.15) is 12.0 Å². The van der Waals surface area contributed by atoms with Gasteiger partial charge in [0.25, 0.3) is 0 Å². The maximum Gasteiger partial charge on any atom is 0.150 e. The van der Waals surface area contributed by atoms with Crippen LogP contribution in [0.1, 0.15) is 77.9 Å². The number of benzene rings is 2. The van der Waals surface area contributed by atoms with Gasteiger partial charge < -0.3 is 5.11 Å². The van der Waals surface area contributed by atoms with E-state index in [4.69, 9.17) is 0 Å². The van der Waals surface area contributed by atoms with Gasteiger partial charge in [0.05, 0.1) is 0 Å². The van der Waals surface area contributed by atoms with Gasteiger partial charge in [-0.25, -0.2) is 0 Å². The standard InChI is InChI=1S/C28H33NO2/c30-18-20-3-1-19(2-4-20)16-29-8-7-25(17-29)24-5-6-27(31)26(12-24)28-13-21-9-22(14-28)11-23(10-21)15-28/h1-6,12,18,21-23,25,31H,7-11,13-17H2. The fourth-order valence-electron chi connectivity index (χ4n) is 7.88. The van der Waals surface area contributed by atoms with Gasteiger partial charge in [0.2, 0.25) is 0 Å². The molecular formula is C28H33NO2. The van der Waals surface area contributed by atoms with Crippen LogP contribution in [0.3, 0.4) is 0 Å². The number of likely N-dealkylation sites (tertiary alicyclic amines) is 1. The van der Waals surface area contributed by atoms with Gasteiger partial charge in [-0.05, 0) is 97.8 Å². The number of phenolic OH excluding ortho intramolecular Hbond substituents is 1. The van der Waals surface area contributed by atoms with E-state index >= 15 is 0 Å². The molecule has 5 fully saturated rings. The van der Waals surface area contributed by atoms with Crippen LogP contribution in [0.15, 0.2) is 42.5 Å². The van der Waals surface area contributed by atoms with Crippen molar-refractivity contribution < 1.29 is 9.90 Å². The minimum absolute atomic E-state index is 0.244. The Labute approximate surface area is 185 Å². The van der Waals surface area contributed by atoms with Crippen molar-refractivity contribution in [1.82, 2.24) is 4.90 Å². The zero-order valence-electron chi connectivity index (χ0n) is 18.3. The van der Waals surface area contributed by atoms with Crippen LogP contribution in [0.5, 0.6) is 5.75 Å². The summed E-state index contributed by atoms with van der Waals surface area (Å²) in [5.74, 6) is 3.75.